The fourth-order valence-corrected chi connectivity index (χ4v) is 4.43. The average molecular weight is 406 g/mol. The first-order valence-electron chi connectivity index (χ1n) is 10.0. The molecule has 4 heterocycles. The number of carbonyl (C=O) groups is 2. The number of amides is 2. The van der Waals surface area contributed by atoms with Crippen molar-refractivity contribution < 1.29 is 18.7 Å². The zero-order valence-corrected chi connectivity index (χ0v) is 16.6. The van der Waals surface area contributed by atoms with Crippen molar-refractivity contribution >= 4 is 22.8 Å². The Kier molecular flexibility index (Phi) is 4.71. The molecule has 2 aromatic heterocycles. The van der Waals surface area contributed by atoms with E-state index in [0.29, 0.717) is 32.0 Å². The van der Waals surface area contributed by atoms with Gasteiger partial charge in [0, 0.05) is 54.8 Å². The molecule has 154 valence electrons. The van der Waals surface area contributed by atoms with Gasteiger partial charge in [-0.1, -0.05) is 18.2 Å². The Bertz CT molecular complexity index is 1100. The number of likely N-dealkylation sites (tertiary alicyclic amines) is 1. The molecule has 1 N–H and O–H groups in total. The molecule has 3 aromatic rings. The fraction of sp³-hybridized carbons (Fsp3) is 0.364. The van der Waals surface area contributed by atoms with Crippen molar-refractivity contribution in [1.29, 1.82) is 0 Å². The Morgan fingerprint density at radius 2 is 2.10 bits per heavy atom. The predicted octanol–water partition coefficient (Wildman–Crippen LogP) is 2.05. The first kappa shape index (κ1) is 18.7. The SMILES string of the molecule is Cc1c(C(=O)N2C[C@@H]3[C@@H](CNC(=O)c4cnccn4)CO[C@@H]3C2)oc2ccccc12. The highest BCUT2D eigenvalue weighted by Crippen LogP contribution is 2.35. The minimum Gasteiger partial charge on any atom is -0.451 e. The molecule has 3 atom stereocenters. The van der Waals surface area contributed by atoms with Gasteiger partial charge >= 0.3 is 0 Å². The van der Waals surface area contributed by atoms with Gasteiger partial charge < -0.3 is 19.4 Å². The molecule has 8 nitrogen and oxygen atoms in total. The van der Waals surface area contributed by atoms with Crippen LogP contribution in [0.15, 0.2) is 47.3 Å². The lowest BCUT2D eigenvalue weighted by atomic mass is 9.93. The third-order valence-corrected chi connectivity index (χ3v) is 6.08. The number of carbonyl (C=O) groups excluding carboxylic acids is 2. The van der Waals surface area contributed by atoms with Gasteiger partial charge in [-0.15, -0.1) is 0 Å². The molecule has 2 aliphatic heterocycles. The van der Waals surface area contributed by atoms with E-state index in [2.05, 4.69) is 15.3 Å². The van der Waals surface area contributed by atoms with E-state index in [-0.39, 0.29) is 35.4 Å². The lowest BCUT2D eigenvalue weighted by Crippen LogP contribution is -2.35. The second-order valence-electron chi connectivity index (χ2n) is 7.86. The summed E-state index contributed by atoms with van der Waals surface area (Å²) in [6.45, 7) is 4.08. The molecule has 2 saturated heterocycles. The minimum absolute atomic E-state index is 0.0166. The highest BCUT2D eigenvalue weighted by molar-refractivity contribution is 5.99. The van der Waals surface area contributed by atoms with Crippen LogP contribution in [0.3, 0.4) is 0 Å². The van der Waals surface area contributed by atoms with Gasteiger partial charge in [-0.2, -0.15) is 0 Å². The second kappa shape index (κ2) is 7.53. The van der Waals surface area contributed by atoms with E-state index in [4.69, 9.17) is 9.15 Å². The summed E-state index contributed by atoms with van der Waals surface area (Å²) in [6.07, 6.45) is 4.44. The van der Waals surface area contributed by atoms with Crippen LogP contribution in [0.1, 0.15) is 26.6 Å². The van der Waals surface area contributed by atoms with Gasteiger partial charge in [-0.25, -0.2) is 4.98 Å². The van der Waals surface area contributed by atoms with Gasteiger partial charge in [0.05, 0.1) is 18.9 Å². The number of ether oxygens (including phenoxy) is 1. The average Bonchev–Trinajstić information content (AvgIpc) is 3.46. The summed E-state index contributed by atoms with van der Waals surface area (Å²) < 4.78 is 11.8. The van der Waals surface area contributed by atoms with Gasteiger partial charge in [-0.05, 0) is 13.0 Å². The molecule has 2 amide bonds. The first-order chi connectivity index (χ1) is 14.6. The first-order valence-corrected chi connectivity index (χ1v) is 10.0. The monoisotopic (exact) mass is 406 g/mol. The molecule has 2 aliphatic rings. The van der Waals surface area contributed by atoms with Crippen LogP contribution >= 0.6 is 0 Å². The summed E-state index contributed by atoms with van der Waals surface area (Å²) in [7, 11) is 0. The Morgan fingerprint density at radius 1 is 1.23 bits per heavy atom. The van der Waals surface area contributed by atoms with Crippen LogP contribution in [0.5, 0.6) is 0 Å². The maximum Gasteiger partial charge on any atom is 0.289 e. The van der Waals surface area contributed by atoms with Crippen LogP contribution in [0, 0.1) is 18.8 Å². The molecule has 8 heteroatoms. The lowest BCUT2D eigenvalue weighted by Gasteiger charge is -2.19. The van der Waals surface area contributed by atoms with Crippen molar-refractivity contribution in [3.63, 3.8) is 0 Å². The van der Waals surface area contributed by atoms with Gasteiger partial charge in [0.15, 0.2) is 5.76 Å². The predicted molar refractivity (Wildman–Crippen MR) is 108 cm³/mol. The second-order valence-corrected chi connectivity index (χ2v) is 7.86. The van der Waals surface area contributed by atoms with E-state index in [1.807, 2.05) is 31.2 Å². The molecule has 0 saturated carbocycles. The van der Waals surface area contributed by atoms with Gasteiger partial charge in [0.2, 0.25) is 0 Å². The molecule has 0 radical (unpaired) electrons. The number of rotatable bonds is 4. The molecular weight excluding hydrogens is 384 g/mol. The number of benzene rings is 1. The van der Waals surface area contributed by atoms with Crippen molar-refractivity contribution in [2.45, 2.75) is 13.0 Å². The Hall–Kier alpha value is -3.26. The van der Waals surface area contributed by atoms with Gasteiger partial charge in [0.25, 0.3) is 11.8 Å². The number of para-hydroxylation sites is 1. The summed E-state index contributed by atoms with van der Waals surface area (Å²) in [4.78, 5) is 35.1. The summed E-state index contributed by atoms with van der Waals surface area (Å²) >= 11 is 0. The van der Waals surface area contributed by atoms with Crippen molar-refractivity contribution in [3.05, 3.63) is 59.9 Å². The number of nitrogens with zero attached hydrogens (tertiary/aromatic N) is 3. The lowest BCUT2D eigenvalue weighted by molar-refractivity contribution is 0.0650. The van der Waals surface area contributed by atoms with E-state index in [0.717, 1.165) is 16.5 Å². The quantitative estimate of drug-likeness (QED) is 0.712. The molecular formula is C22H22N4O4. The van der Waals surface area contributed by atoms with Crippen molar-refractivity contribution in [1.82, 2.24) is 20.2 Å². The van der Waals surface area contributed by atoms with Crippen LogP contribution in [0.4, 0.5) is 0 Å². The number of aromatic nitrogens is 2. The van der Waals surface area contributed by atoms with Gasteiger partial charge in [0.1, 0.15) is 11.3 Å². The topological polar surface area (TPSA) is 97.6 Å². The Labute approximate surface area is 173 Å². The van der Waals surface area contributed by atoms with E-state index < -0.39 is 0 Å². The number of hydrogen-bond acceptors (Lipinski definition) is 6. The van der Waals surface area contributed by atoms with Crippen molar-refractivity contribution in [2.24, 2.45) is 11.8 Å². The maximum absolute atomic E-state index is 13.1. The number of hydrogen-bond donors (Lipinski definition) is 1. The summed E-state index contributed by atoms with van der Waals surface area (Å²) in [6, 6.07) is 7.67. The minimum atomic E-state index is -0.254. The molecule has 0 unspecified atom stereocenters. The molecule has 0 aliphatic carbocycles. The normalized spacial score (nSPS) is 23.0. The van der Waals surface area contributed by atoms with E-state index in [9.17, 15) is 9.59 Å². The van der Waals surface area contributed by atoms with E-state index in [1.165, 1.54) is 18.6 Å². The Morgan fingerprint density at radius 3 is 2.90 bits per heavy atom. The van der Waals surface area contributed by atoms with Crippen LogP contribution in [-0.2, 0) is 4.74 Å². The standard InChI is InChI=1S/C22H22N4O4/c1-13-15-4-2-3-5-18(15)30-20(13)22(28)26-10-16-14(12-29-19(16)11-26)8-25-21(27)17-9-23-6-7-24-17/h2-7,9,14,16,19H,8,10-12H2,1H3,(H,25,27)/t14-,16+,19+/m0/s1. The zero-order valence-electron chi connectivity index (χ0n) is 16.6. The molecule has 2 fully saturated rings. The molecule has 1 aromatic carbocycles. The molecule has 5 rings (SSSR count). The summed E-state index contributed by atoms with van der Waals surface area (Å²) in [5.74, 6) is 0.356. The molecule has 30 heavy (non-hydrogen) atoms. The third kappa shape index (κ3) is 3.23. The maximum atomic E-state index is 13.1. The van der Waals surface area contributed by atoms with E-state index >= 15 is 0 Å². The van der Waals surface area contributed by atoms with Crippen molar-refractivity contribution in [3.8, 4) is 0 Å². The van der Waals surface area contributed by atoms with Crippen LogP contribution in [0.25, 0.3) is 11.0 Å². The Balaban J connectivity index is 1.25. The highest BCUT2D eigenvalue weighted by Gasteiger charge is 2.46. The van der Waals surface area contributed by atoms with Crippen molar-refractivity contribution in [2.75, 3.05) is 26.2 Å². The molecule has 0 bridgehead atoms. The van der Waals surface area contributed by atoms with Gasteiger partial charge in [-0.3, -0.25) is 14.6 Å². The number of nitrogens with one attached hydrogen (secondary N) is 1. The summed E-state index contributed by atoms with van der Waals surface area (Å²) in [5, 5.41) is 3.87. The van der Waals surface area contributed by atoms with Crippen LogP contribution in [-0.4, -0.2) is 59.0 Å². The fourth-order valence-electron chi connectivity index (χ4n) is 4.43. The third-order valence-electron chi connectivity index (χ3n) is 6.08. The van der Waals surface area contributed by atoms with Crippen LogP contribution in [0.2, 0.25) is 0 Å². The smallest absolute Gasteiger partial charge is 0.289 e. The number of aryl methyl sites for hydroxylation is 1. The number of fused-ring (bicyclic) bond motifs is 2. The highest BCUT2D eigenvalue weighted by atomic mass is 16.5. The molecule has 0 spiro atoms. The van der Waals surface area contributed by atoms with Crippen LogP contribution < -0.4 is 5.32 Å². The summed E-state index contributed by atoms with van der Waals surface area (Å²) in [5.41, 5.74) is 1.87. The van der Waals surface area contributed by atoms with E-state index in [1.54, 1.807) is 4.90 Å². The largest absolute Gasteiger partial charge is 0.451 e. The zero-order chi connectivity index (χ0) is 20.7. The number of furan rings is 1.